The Bertz CT molecular complexity index is 888. The Hall–Kier alpha value is -2.40. The number of hydrogen-bond acceptors (Lipinski definition) is 4. The summed E-state index contributed by atoms with van der Waals surface area (Å²) in [6.07, 6.45) is 5.51. The van der Waals surface area contributed by atoms with Crippen molar-refractivity contribution in [3.05, 3.63) is 59.6 Å². The van der Waals surface area contributed by atoms with Crippen LogP contribution < -0.4 is 10.2 Å². The number of piperidine rings is 1. The lowest BCUT2D eigenvalue weighted by molar-refractivity contribution is -0.121. The number of aromatic nitrogens is 1. The smallest absolute Gasteiger partial charge is 0.220 e. The highest BCUT2D eigenvalue weighted by Crippen LogP contribution is 2.24. The van der Waals surface area contributed by atoms with Gasteiger partial charge in [0.15, 0.2) is 5.13 Å². The standard InChI is InChI=1S/C22H25N3OS/c26-21(11-10-19-8-3-7-18-6-1-2-9-20(18)19)24-15-17-5-4-13-25(16-17)22-23-12-14-27-22/h1-3,6-9,12,14,17H,4-5,10-11,13,15-16H2,(H,24,26). The van der Waals surface area contributed by atoms with Crippen LogP contribution in [0.25, 0.3) is 10.8 Å². The van der Waals surface area contributed by atoms with Gasteiger partial charge in [-0.1, -0.05) is 42.5 Å². The number of carbonyl (C=O) groups is 1. The predicted molar refractivity (Wildman–Crippen MR) is 112 cm³/mol. The van der Waals surface area contributed by atoms with Crippen molar-refractivity contribution in [2.45, 2.75) is 25.7 Å². The van der Waals surface area contributed by atoms with Crippen LogP contribution >= 0.6 is 11.3 Å². The molecule has 1 aromatic heterocycles. The van der Waals surface area contributed by atoms with Gasteiger partial charge in [-0.05, 0) is 41.5 Å². The quantitative estimate of drug-likeness (QED) is 0.696. The van der Waals surface area contributed by atoms with Crippen LogP contribution in [0.2, 0.25) is 0 Å². The first kappa shape index (κ1) is 18.0. The maximum atomic E-state index is 12.4. The van der Waals surface area contributed by atoms with E-state index in [2.05, 4.69) is 57.7 Å². The van der Waals surface area contributed by atoms with Crippen molar-refractivity contribution in [2.75, 3.05) is 24.5 Å². The molecule has 4 nitrogen and oxygen atoms in total. The Kier molecular flexibility index (Phi) is 5.68. The molecule has 5 heteroatoms. The summed E-state index contributed by atoms with van der Waals surface area (Å²) in [5.74, 6) is 0.651. The van der Waals surface area contributed by atoms with E-state index in [0.29, 0.717) is 12.3 Å². The molecular weight excluding hydrogens is 354 g/mol. The molecule has 1 unspecified atom stereocenters. The van der Waals surface area contributed by atoms with Gasteiger partial charge in [0, 0.05) is 37.6 Å². The summed E-state index contributed by atoms with van der Waals surface area (Å²) in [7, 11) is 0. The number of thiazole rings is 1. The molecule has 1 aliphatic rings. The van der Waals surface area contributed by atoms with Crippen LogP contribution in [0.5, 0.6) is 0 Å². The number of benzene rings is 2. The summed E-state index contributed by atoms with van der Waals surface area (Å²) < 4.78 is 0. The van der Waals surface area contributed by atoms with Crippen molar-refractivity contribution < 1.29 is 4.79 Å². The van der Waals surface area contributed by atoms with E-state index in [9.17, 15) is 4.79 Å². The average Bonchev–Trinajstić information content (AvgIpc) is 3.26. The van der Waals surface area contributed by atoms with Gasteiger partial charge in [-0.15, -0.1) is 11.3 Å². The van der Waals surface area contributed by atoms with E-state index in [4.69, 9.17) is 0 Å². The van der Waals surface area contributed by atoms with Crippen molar-refractivity contribution >= 4 is 33.1 Å². The maximum Gasteiger partial charge on any atom is 0.220 e. The molecule has 0 bridgehead atoms. The van der Waals surface area contributed by atoms with E-state index in [-0.39, 0.29) is 5.91 Å². The van der Waals surface area contributed by atoms with E-state index < -0.39 is 0 Å². The normalized spacial score (nSPS) is 17.2. The third-order valence-electron chi connectivity index (χ3n) is 5.30. The summed E-state index contributed by atoms with van der Waals surface area (Å²) in [5, 5.41) is 8.76. The summed E-state index contributed by atoms with van der Waals surface area (Å²) in [6.45, 7) is 2.81. The Morgan fingerprint density at radius 2 is 2.11 bits per heavy atom. The molecule has 1 fully saturated rings. The molecule has 1 atom stereocenters. The van der Waals surface area contributed by atoms with Gasteiger partial charge in [-0.3, -0.25) is 4.79 Å². The Balaban J connectivity index is 1.27. The molecule has 4 rings (SSSR count). The SMILES string of the molecule is O=C(CCc1cccc2ccccc12)NCC1CCCN(c2nccs2)C1. The van der Waals surface area contributed by atoms with Crippen molar-refractivity contribution in [3.8, 4) is 0 Å². The molecule has 0 radical (unpaired) electrons. The van der Waals surface area contributed by atoms with Crippen molar-refractivity contribution in [1.82, 2.24) is 10.3 Å². The fourth-order valence-electron chi connectivity index (χ4n) is 3.88. The van der Waals surface area contributed by atoms with Crippen LogP contribution in [0.1, 0.15) is 24.8 Å². The molecule has 1 saturated heterocycles. The minimum Gasteiger partial charge on any atom is -0.356 e. The third kappa shape index (κ3) is 4.48. The van der Waals surface area contributed by atoms with Gasteiger partial charge in [0.2, 0.25) is 5.91 Å². The number of anilines is 1. The fraction of sp³-hybridized carbons (Fsp3) is 0.364. The number of fused-ring (bicyclic) bond motifs is 1. The largest absolute Gasteiger partial charge is 0.356 e. The minimum absolute atomic E-state index is 0.148. The number of amides is 1. The van der Waals surface area contributed by atoms with Gasteiger partial charge >= 0.3 is 0 Å². The molecule has 1 aliphatic heterocycles. The monoisotopic (exact) mass is 379 g/mol. The first-order valence-corrected chi connectivity index (χ1v) is 10.6. The van der Waals surface area contributed by atoms with E-state index in [1.807, 2.05) is 11.6 Å². The fourth-order valence-corrected chi connectivity index (χ4v) is 4.56. The van der Waals surface area contributed by atoms with Gasteiger partial charge < -0.3 is 10.2 Å². The van der Waals surface area contributed by atoms with Gasteiger partial charge in [0.1, 0.15) is 0 Å². The van der Waals surface area contributed by atoms with Crippen molar-refractivity contribution in [3.63, 3.8) is 0 Å². The number of nitrogens with one attached hydrogen (secondary N) is 1. The third-order valence-corrected chi connectivity index (χ3v) is 6.13. The topological polar surface area (TPSA) is 45.2 Å². The highest BCUT2D eigenvalue weighted by atomic mass is 32.1. The number of nitrogens with zero attached hydrogens (tertiary/aromatic N) is 2. The maximum absolute atomic E-state index is 12.4. The van der Waals surface area contributed by atoms with Gasteiger partial charge in [0.25, 0.3) is 0 Å². The highest BCUT2D eigenvalue weighted by Gasteiger charge is 2.21. The Morgan fingerprint density at radius 3 is 3.00 bits per heavy atom. The van der Waals surface area contributed by atoms with Crippen LogP contribution in [0, 0.1) is 5.92 Å². The first-order valence-electron chi connectivity index (χ1n) is 9.67. The summed E-state index contributed by atoms with van der Waals surface area (Å²) in [4.78, 5) is 19.1. The Morgan fingerprint density at radius 1 is 1.22 bits per heavy atom. The van der Waals surface area contributed by atoms with E-state index in [1.165, 1.54) is 22.8 Å². The lowest BCUT2D eigenvalue weighted by atomic mass is 9.98. The second-order valence-corrected chi connectivity index (χ2v) is 8.08. The molecule has 1 amide bonds. The van der Waals surface area contributed by atoms with Gasteiger partial charge in [-0.2, -0.15) is 0 Å². The average molecular weight is 380 g/mol. The van der Waals surface area contributed by atoms with Crippen LogP contribution in [-0.2, 0) is 11.2 Å². The van der Waals surface area contributed by atoms with Crippen molar-refractivity contribution in [1.29, 1.82) is 0 Å². The van der Waals surface area contributed by atoms with Crippen LogP contribution in [0.4, 0.5) is 5.13 Å². The summed E-state index contributed by atoms with van der Waals surface area (Å²) in [5.41, 5.74) is 1.25. The van der Waals surface area contributed by atoms with Crippen LogP contribution in [0.3, 0.4) is 0 Å². The number of carbonyl (C=O) groups excluding carboxylic acids is 1. The highest BCUT2D eigenvalue weighted by molar-refractivity contribution is 7.13. The molecule has 2 aromatic carbocycles. The molecular formula is C22H25N3OS. The summed E-state index contributed by atoms with van der Waals surface area (Å²) in [6, 6.07) is 14.7. The van der Waals surface area contributed by atoms with Gasteiger partial charge in [-0.25, -0.2) is 4.98 Å². The lowest BCUT2D eigenvalue weighted by Crippen LogP contribution is -2.41. The minimum atomic E-state index is 0.148. The zero-order valence-corrected chi connectivity index (χ0v) is 16.3. The van der Waals surface area contributed by atoms with E-state index >= 15 is 0 Å². The summed E-state index contributed by atoms with van der Waals surface area (Å²) >= 11 is 1.69. The van der Waals surface area contributed by atoms with Gasteiger partial charge in [0.05, 0.1) is 0 Å². The lowest BCUT2D eigenvalue weighted by Gasteiger charge is -2.32. The molecule has 0 saturated carbocycles. The van der Waals surface area contributed by atoms with Crippen LogP contribution in [-0.4, -0.2) is 30.5 Å². The van der Waals surface area contributed by atoms with E-state index in [1.54, 1.807) is 11.3 Å². The second-order valence-electron chi connectivity index (χ2n) is 7.21. The predicted octanol–water partition coefficient (Wildman–Crippen LogP) is 4.26. The molecule has 2 heterocycles. The van der Waals surface area contributed by atoms with Crippen molar-refractivity contribution in [2.24, 2.45) is 5.92 Å². The molecule has 27 heavy (non-hydrogen) atoms. The second kappa shape index (κ2) is 8.53. The zero-order valence-electron chi connectivity index (χ0n) is 15.4. The van der Waals surface area contributed by atoms with E-state index in [0.717, 1.165) is 37.6 Å². The first-order chi connectivity index (χ1) is 13.3. The molecule has 0 spiro atoms. The molecule has 140 valence electrons. The van der Waals surface area contributed by atoms with Crippen LogP contribution in [0.15, 0.2) is 54.0 Å². The number of aryl methyl sites for hydroxylation is 1. The zero-order chi connectivity index (χ0) is 18.5. The molecule has 3 aromatic rings. The number of hydrogen-bond donors (Lipinski definition) is 1. The molecule has 1 N–H and O–H groups in total. The molecule has 0 aliphatic carbocycles. The number of rotatable bonds is 6. The Labute approximate surface area is 164 Å².